The van der Waals surface area contributed by atoms with Gasteiger partial charge in [-0.3, -0.25) is 5.10 Å². The summed E-state index contributed by atoms with van der Waals surface area (Å²) in [5.41, 5.74) is 2.58. The predicted octanol–water partition coefficient (Wildman–Crippen LogP) is 2.04. The van der Waals surface area contributed by atoms with Crippen LogP contribution < -0.4 is 5.32 Å². The zero-order valence-electron chi connectivity index (χ0n) is 9.71. The highest BCUT2D eigenvalue weighted by molar-refractivity contribution is 5.14. The molecule has 0 atom stereocenters. The molecular weight excluding hydrogens is 186 g/mol. The quantitative estimate of drug-likeness (QED) is 0.725. The average Bonchev–Trinajstić information content (AvgIpc) is 2.55. The molecule has 0 bridgehead atoms. The van der Waals surface area contributed by atoms with Crippen LogP contribution in [0.1, 0.15) is 37.4 Å². The third-order valence-electron chi connectivity index (χ3n) is 3.36. The maximum Gasteiger partial charge on any atom is 0.0522 e. The largest absolute Gasteiger partial charge is 0.314 e. The minimum Gasteiger partial charge on any atom is -0.314 e. The summed E-state index contributed by atoms with van der Waals surface area (Å²) in [7, 11) is 0. The fraction of sp³-hybridized carbons (Fsp3) is 0.750. The van der Waals surface area contributed by atoms with E-state index in [9.17, 15) is 0 Å². The van der Waals surface area contributed by atoms with Gasteiger partial charge in [-0.25, -0.2) is 0 Å². The summed E-state index contributed by atoms with van der Waals surface area (Å²) in [5.74, 6) is 0.943. The van der Waals surface area contributed by atoms with Crippen molar-refractivity contribution < 1.29 is 0 Å². The maximum atomic E-state index is 4.03. The maximum absolute atomic E-state index is 4.03. The summed E-state index contributed by atoms with van der Waals surface area (Å²) < 4.78 is 0. The number of H-pyrrole nitrogens is 1. The van der Waals surface area contributed by atoms with Gasteiger partial charge < -0.3 is 5.32 Å². The first-order valence-electron chi connectivity index (χ1n) is 5.98. The van der Waals surface area contributed by atoms with E-state index in [0.29, 0.717) is 0 Å². The molecule has 0 unspecified atom stereocenters. The Bertz CT molecular complexity index is 300. The van der Waals surface area contributed by atoms with Crippen molar-refractivity contribution in [2.45, 2.75) is 45.6 Å². The molecule has 0 amide bonds. The van der Waals surface area contributed by atoms with Crippen molar-refractivity contribution in [1.82, 2.24) is 15.5 Å². The Morgan fingerprint density at radius 3 is 2.93 bits per heavy atom. The fourth-order valence-electron chi connectivity index (χ4n) is 2.28. The lowest BCUT2D eigenvalue weighted by molar-refractivity contribution is 0.242. The molecule has 0 aromatic carbocycles. The van der Waals surface area contributed by atoms with Gasteiger partial charge in [0, 0.05) is 11.7 Å². The minimum absolute atomic E-state index is 0.797. The van der Waals surface area contributed by atoms with E-state index in [1.165, 1.54) is 30.5 Å². The Balaban J connectivity index is 1.58. The molecule has 1 aliphatic rings. The van der Waals surface area contributed by atoms with Gasteiger partial charge in [-0.2, -0.15) is 5.10 Å². The number of hydrogen-bond donors (Lipinski definition) is 2. The summed E-state index contributed by atoms with van der Waals surface area (Å²) in [6, 6.07) is 0.797. The van der Waals surface area contributed by atoms with Crippen LogP contribution in [-0.2, 0) is 6.42 Å². The van der Waals surface area contributed by atoms with Crippen molar-refractivity contribution in [1.29, 1.82) is 0 Å². The summed E-state index contributed by atoms with van der Waals surface area (Å²) in [4.78, 5) is 0. The van der Waals surface area contributed by atoms with Crippen LogP contribution in [0.2, 0.25) is 0 Å². The fourth-order valence-corrected chi connectivity index (χ4v) is 2.28. The number of nitrogens with zero attached hydrogens (tertiary/aromatic N) is 1. The van der Waals surface area contributed by atoms with Gasteiger partial charge in [-0.1, -0.05) is 6.92 Å². The van der Waals surface area contributed by atoms with Crippen molar-refractivity contribution >= 4 is 0 Å². The monoisotopic (exact) mass is 207 g/mol. The highest BCUT2D eigenvalue weighted by Gasteiger charge is 2.23. The predicted molar refractivity (Wildman–Crippen MR) is 61.8 cm³/mol. The first-order valence-corrected chi connectivity index (χ1v) is 5.98. The van der Waals surface area contributed by atoms with Gasteiger partial charge >= 0.3 is 0 Å². The van der Waals surface area contributed by atoms with Crippen LogP contribution in [0, 0.1) is 12.8 Å². The molecule has 1 aromatic heterocycles. The minimum atomic E-state index is 0.797. The van der Waals surface area contributed by atoms with E-state index in [1.807, 2.05) is 6.20 Å². The van der Waals surface area contributed by atoms with Gasteiger partial charge in [0.05, 0.1) is 6.20 Å². The molecule has 3 nitrogen and oxygen atoms in total. The second kappa shape index (κ2) is 4.79. The van der Waals surface area contributed by atoms with Crippen LogP contribution in [0.25, 0.3) is 0 Å². The molecule has 1 aromatic rings. The topological polar surface area (TPSA) is 40.7 Å². The molecule has 0 saturated heterocycles. The van der Waals surface area contributed by atoms with E-state index in [-0.39, 0.29) is 0 Å². The van der Waals surface area contributed by atoms with Crippen molar-refractivity contribution in [3.05, 3.63) is 17.5 Å². The Morgan fingerprint density at radius 2 is 2.33 bits per heavy atom. The molecule has 1 aliphatic carbocycles. The SMILES string of the molecule is Cc1[nH]ncc1CCCNC1CC(C)C1. The molecule has 15 heavy (non-hydrogen) atoms. The highest BCUT2D eigenvalue weighted by atomic mass is 15.1. The Labute approximate surface area is 91.7 Å². The standard InChI is InChI=1S/C12H21N3/c1-9-6-12(7-9)13-5-3-4-11-8-14-15-10(11)2/h8-9,12-13H,3-7H2,1-2H3,(H,14,15). The molecule has 3 heteroatoms. The number of aromatic nitrogens is 2. The van der Waals surface area contributed by atoms with Crippen molar-refractivity contribution in [3.63, 3.8) is 0 Å². The number of aromatic amines is 1. The van der Waals surface area contributed by atoms with Crippen LogP contribution in [0.4, 0.5) is 0 Å². The molecule has 0 aliphatic heterocycles. The van der Waals surface area contributed by atoms with Gasteiger partial charge in [0.2, 0.25) is 0 Å². The molecule has 2 N–H and O–H groups in total. The summed E-state index contributed by atoms with van der Waals surface area (Å²) in [5, 5.41) is 10.6. The molecule has 2 rings (SSSR count). The first kappa shape index (κ1) is 10.7. The van der Waals surface area contributed by atoms with E-state index in [1.54, 1.807) is 0 Å². The van der Waals surface area contributed by atoms with E-state index in [2.05, 4.69) is 29.4 Å². The summed E-state index contributed by atoms with van der Waals surface area (Å²) >= 11 is 0. The van der Waals surface area contributed by atoms with E-state index >= 15 is 0 Å². The van der Waals surface area contributed by atoms with Gasteiger partial charge in [-0.15, -0.1) is 0 Å². The summed E-state index contributed by atoms with van der Waals surface area (Å²) in [6.45, 7) is 5.55. The first-order chi connectivity index (χ1) is 7.25. The lowest BCUT2D eigenvalue weighted by Crippen LogP contribution is -2.40. The van der Waals surface area contributed by atoms with Crippen LogP contribution in [-0.4, -0.2) is 22.8 Å². The van der Waals surface area contributed by atoms with E-state index < -0.39 is 0 Å². The number of hydrogen-bond acceptors (Lipinski definition) is 2. The molecule has 0 spiro atoms. The molecule has 84 valence electrons. The van der Waals surface area contributed by atoms with Crippen molar-refractivity contribution in [2.75, 3.05) is 6.54 Å². The van der Waals surface area contributed by atoms with Crippen LogP contribution >= 0.6 is 0 Å². The molecule has 0 radical (unpaired) electrons. The van der Waals surface area contributed by atoms with Gasteiger partial charge in [-0.05, 0) is 50.6 Å². The van der Waals surface area contributed by atoms with Crippen LogP contribution in [0.3, 0.4) is 0 Å². The molecular formula is C12H21N3. The van der Waals surface area contributed by atoms with E-state index in [4.69, 9.17) is 0 Å². The number of nitrogens with one attached hydrogen (secondary N) is 2. The zero-order chi connectivity index (χ0) is 10.7. The number of rotatable bonds is 5. The van der Waals surface area contributed by atoms with Gasteiger partial charge in [0.25, 0.3) is 0 Å². The normalized spacial score (nSPS) is 25.2. The molecule has 1 fully saturated rings. The Kier molecular flexibility index (Phi) is 3.41. The third-order valence-corrected chi connectivity index (χ3v) is 3.36. The van der Waals surface area contributed by atoms with Crippen LogP contribution in [0.15, 0.2) is 6.20 Å². The second-order valence-electron chi connectivity index (χ2n) is 4.85. The smallest absolute Gasteiger partial charge is 0.0522 e. The third kappa shape index (κ3) is 2.81. The Hall–Kier alpha value is -0.830. The molecule has 1 heterocycles. The Morgan fingerprint density at radius 1 is 1.53 bits per heavy atom. The second-order valence-corrected chi connectivity index (χ2v) is 4.85. The molecule has 1 saturated carbocycles. The van der Waals surface area contributed by atoms with E-state index in [0.717, 1.165) is 24.9 Å². The highest BCUT2D eigenvalue weighted by Crippen LogP contribution is 2.26. The van der Waals surface area contributed by atoms with Crippen molar-refractivity contribution in [3.8, 4) is 0 Å². The zero-order valence-corrected chi connectivity index (χ0v) is 9.71. The number of aryl methyl sites for hydroxylation is 2. The summed E-state index contributed by atoms with van der Waals surface area (Å²) in [6.07, 6.45) is 7.03. The van der Waals surface area contributed by atoms with Crippen molar-refractivity contribution in [2.24, 2.45) is 5.92 Å². The average molecular weight is 207 g/mol. The lowest BCUT2D eigenvalue weighted by Gasteiger charge is -2.33. The van der Waals surface area contributed by atoms with Crippen LogP contribution in [0.5, 0.6) is 0 Å². The van der Waals surface area contributed by atoms with Gasteiger partial charge in [0.1, 0.15) is 0 Å². The van der Waals surface area contributed by atoms with Gasteiger partial charge in [0.15, 0.2) is 0 Å². The lowest BCUT2D eigenvalue weighted by atomic mass is 9.82.